The predicted molar refractivity (Wildman–Crippen MR) is 62.5 cm³/mol. The zero-order valence-electron chi connectivity index (χ0n) is 8.72. The van der Waals surface area contributed by atoms with E-state index in [-0.39, 0.29) is 10.7 Å². The lowest BCUT2D eigenvalue weighted by Gasteiger charge is -2.02. The molecule has 0 saturated heterocycles. The van der Waals surface area contributed by atoms with E-state index in [4.69, 9.17) is 24.2 Å². The fourth-order valence-electron chi connectivity index (χ4n) is 1.31. The number of benzene rings is 1. The summed E-state index contributed by atoms with van der Waals surface area (Å²) in [4.78, 5) is 1.46. The molecule has 80 valence electrons. The Bertz CT molecular complexity index is 464. The summed E-state index contributed by atoms with van der Waals surface area (Å²) < 4.78 is 5.06. The van der Waals surface area contributed by atoms with Crippen molar-refractivity contribution >= 4 is 25.0 Å². The third-order valence-electron chi connectivity index (χ3n) is 2.12. The molecule has 0 aliphatic heterocycles. The summed E-state index contributed by atoms with van der Waals surface area (Å²) in [5, 5.41) is 8.16. The van der Waals surface area contributed by atoms with Crippen LogP contribution in [0.1, 0.15) is 5.56 Å². The quantitative estimate of drug-likeness (QED) is 0.736. The van der Waals surface area contributed by atoms with E-state index >= 15 is 0 Å². The Kier molecular flexibility index (Phi) is 3.15. The Morgan fingerprint density at radius 2 is 2.00 bits per heavy atom. The van der Waals surface area contributed by atoms with Crippen molar-refractivity contribution in [1.29, 1.82) is 0 Å². The second-order valence-corrected chi connectivity index (χ2v) is 3.61. The lowest BCUT2D eigenvalue weighted by atomic mass is 10.1. The van der Waals surface area contributed by atoms with E-state index in [9.17, 15) is 0 Å². The van der Waals surface area contributed by atoms with Crippen molar-refractivity contribution in [3.63, 3.8) is 0 Å². The lowest BCUT2D eigenvalue weighted by Crippen LogP contribution is -2.09. The largest absolute Gasteiger partial charge is 0.497 e. The van der Waals surface area contributed by atoms with E-state index in [1.54, 1.807) is 7.11 Å². The van der Waals surface area contributed by atoms with Crippen LogP contribution in [0.4, 0.5) is 0 Å². The minimum atomic E-state index is 0.230. The molecule has 2 aromatic rings. The molecule has 0 atom stereocenters. The standard InChI is InChI=1S/C10H9BClN3O/c1-16-8-4-2-7(3-5-8)6-15-13-9(11)10(12)14-15/h2-5H,6H2,1H3. The molecule has 2 rings (SSSR count). The van der Waals surface area contributed by atoms with Gasteiger partial charge in [0.25, 0.3) is 0 Å². The SMILES string of the molecule is [B]c1nn(Cc2ccc(OC)cc2)nc1Cl. The van der Waals surface area contributed by atoms with Crippen LogP contribution in [0, 0.1) is 0 Å². The van der Waals surface area contributed by atoms with Crippen LogP contribution < -0.4 is 10.3 Å². The second kappa shape index (κ2) is 4.57. The van der Waals surface area contributed by atoms with Crippen molar-refractivity contribution in [3.05, 3.63) is 35.0 Å². The second-order valence-electron chi connectivity index (χ2n) is 3.25. The fourth-order valence-corrected chi connectivity index (χ4v) is 1.43. The molecule has 1 heterocycles. The van der Waals surface area contributed by atoms with Gasteiger partial charge < -0.3 is 4.74 Å². The molecule has 4 nitrogen and oxygen atoms in total. The van der Waals surface area contributed by atoms with Gasteiger partial charge in [0, 0.05) is 5.59 Å². The highest BCUT2D eigenvalue weighted by atomic mass is 35.5. The van der Waals surface area contributed by atoms with E-state index in [0.29, 0.717) is 6.54 Å². The van der Waals surface area contributed by atoms with Gasteiger partial charge in [0.2, 0.25) is 0 Å². The van der Waals surface area contributed by atoms with Crippen molar-refractivity contribution < 1.29 is 4.74 Å². The first kappa shape index (κ1) is 11.0. The van der Waals surface area contributed by atoms with Crippen LogP contribution in [0.2, 0.25) is 5.15 Å². The third-order valence-corrected chi connectivity index (χ3v) is 2.39. The van der Waals surface area contributed by atoms with Gasteiger partial charge in [-0.3, -0.25) is 0 Å². The minimum absolute atomic E-state index is 0.230. The number of methoxy groups -OCH3 is 1. The number of aromatic nitrogens is 3. The molecule has 6 heteroatoms. The molecular weight excluding hydrogens is 224 g/mol. The fraction of sp³-hybridized carbons (Fsp3) is 0.200. The molecule has 0 unspecified atom stereocenters. The van der Waals surface area contributed by atoms with E-state index in [2.05, 4.69) is 10.2 Å². The highest BCUT2D eigenvalue weighted by Crippen LogP contribution is 2.11. The molecule has 0 fully saturated rings. The van der Waals surface area contributed by atoms with Crippen LogP contribution in [0.3, 0.4) is 0 Å². The molecule has 0 N–H and O–H groups in total. The summed E-state index contributed by atoms with van der Waals surface area (Å²) in [6, 6.07) is 7.63. The average Bonchev–Trinajstić information content (AvgIpc) is 2.59. The van der Waals surface area contributed by atoms with Crippen molar-refractivity contribution in [1.82, 2.24) is 15.0 Å². The van der Waals surface area contributed by atoms with Crippen LogP contribution in [-0.4, -0.2) is 29.9 Å². The van der Waals surface area contributed by atoms with Crippen LogP contribution in [0.5, 0.6) is 5.75 Å². The summed E-state index contributed by atoms with van der Waals surface area (Å²) in [5.41, 5.74) is 1.29. The first-order valence-corrected chi connectivity index (χ1v) is 5.06. The Labute approximate surface area is 99.6 Å². The van der Waals surface area contributed by atoms with Crippen molar-refractivity contribution in [2.75, 3.05) is 7.11 Å². The van der Waals surface area contributed by atoms with Gasteiger partial charge in [0.15, 0.2) is 5.15 Å². The van der Waals surface area contributed by atoms with Crippen molar-refractivity contribution in [2.45, 2.75) is 6.54 Å². The highest BCUT2D eigenvalue weighted by molar-refractivity contribution is 6.43. The Hall–Kier alpha value is -1.49. The number of ether oxygens (including phenoxy) is 1. The maximum atomic E-state index is 5.70. The van der Waals surface area contributed by atoms with E-state index < -0.39 is 0 Å². The number of nitrogens with zero attached hydrogens (tertiary/aromatic N) is 3. The topological polar surface area (TPSA) is 39.9 Å². The molecule has 0 bridgehead atoms. The van der Waals surface area contributed by atoms with Crippen LogP contribution in [0.15, 0.2) is 24.3 Å². The Balaban J connectivity index is 2.14. The van der Waals surface area contributed by atoms with Gasteiger partial charge in [-0.05, 0) is 17.7 Å². The summed E-state index contributed by atoms with van der Waals surface area (Å²) in [5.74, 6) is 0.815. The zero-order chi connectivity index (χ0) is 11.5. The maximum absolute atomic E-state index is 5.70. The first-order valence-electron chi connectivity index (χ1n) is 4.68. The van der Waals surface area contributed by atoms with Crippen LogP contribution in [-0.2, 0) is 6.54 Å². The molecule has 0 saturated carbocycles. The number of halogens is 1. The molecule has 16 heavy (non-hydrogen) atoms. The molecule has 0 aliphatic rings. The van der Waals surface area contributed by atoms with Crippen LogP contribution >= 0.6 is 11.6 Å². The van der Waals surface area contributed by atoms with Gasteiger partial charge in [-0.25, -0.2) is 0 Å². The van der Waals surface area contributed by atoms with Gasteiger partial charge in [0.1, 0.15) is 13.6 Å². The molecule has 0 aliphatic carbocycles. The normalized spacial score (nSPS) is 10.4. The monoisotopic (exact) mass is 233 g/mol. The molecule has 0 amide bonds. The van der Waals surface area contributed by atoms with Gasteiger partial charge in [-0.1, -0.05) is 23.7 Å². The lowest BCUT2D eigenvalue weighted by molar-refractivity contribution is 0.414. The predicted octanol–water partition coefficient (Wildman–Crippen LogP) is 0.782. The average molecular weight is 233 g/mol. The molecule has 1 aromatic carbocycles. The highest BCUT2D eigenvalue weighted by Gasteiger charge is 2.03. The Morgan fingerprint density at radius 1 is 1.31 bits per heavy atom. The first-order chi connectivity index (χ1) is 7.69. The van der Waals surface area contributed by atoms with Crippen molar-refractivity contribution in [3.8, 4) is 5.75 Å². The minimum Gasteiger partial charge on any atom is -0.497 e. The van der Waals surface area contributed by atoms with E-state index in [0.717, 1.165) is 11.3 Å². The van der Waals surface area contributed by atoms with Crippen molar-refractivity contribution in [2.24, 2.45) is 0 Å². The van der Waals surface area contributed by atoms with E-state index in [1.165, 1.54) is 4.80 Å². The maximum Gasteiger partial charge on any atom is 0.163 e. The summed E-state index contributed by atoms with van der Waals surface area (Å²) in [6.45, 7) is 0.529. The summed E-state index contributed by atoms with van der Waals surface area (Å²) >= 11 is 5.70. The molecule has 1 aromatic heterocycles. The van der Waals surface area contributed by atoms with Gasteiger partial charge in [-0.15, -0.1) is 5.10 Å². The van der Waals surface area contributed by atoms with E-state index in [1.807, 2.05) is 24.3 Å². The van der Waals surface area contributed by atoms with Crippen LogP contribution in [0.25, 0.3) is 0 Å². The van der Waals surface area contributed by atoms with Gasteiger partial charge in [-0.2, -0.15) is 9.90 Å². The van der Waals surface area contributed by atoms with Gasteiger partial charge >= 0.3 is 0 Å². The number of rotatable bonds is 3. The molecular formula is C10H9BClN3O. The molecule has 2 radical (unpaired) electrons. The van der Waals surface area contributed by atoms with Gasteiger partial charge in [0.05, 0.1) is 13.7 Å². The number of hydrogen-bond acceptors (Lipinski definition) is 3. The summed E-state index contributed by atoms with van der Waals surface area (Å²) in [6.07, 6.45) is 0. The smallest absolute Gasteiger partial charge is 0.163 e. The summed E-state index contributed by atoms with van der Waals surface area (Å²) in [7, 11) is 7.12. The molecule has 0 spiro atoms. The Morgan fingerprint density at radius 3 is 2.50 bits per heavy atom. The zero-order valence-corrected chi connectivity index (χ0v) is 9.48. The third kappa shape index (κ3) is 2.36. The number of hydrogen-bond donors (Lipinski definition) is 0.